The zero-order valence-electron chi connectivity index (χ0n) is 11.5. The van der Waals surface area contributed by atoms with Gasteiger partial charge >= 0.3 is 5.97 Å². The number of thiophene rings is 1. The molecule has 9 heteroatoms. The van der Waals surface area contributed by atoms with Gasteiger partial charge in [0, 0.05) is 12.8 Å². The van der Waals surface area contributed by atoms with Gasteiger partial charge in [-0.05, 0) is 18.9 Å². The highest BCUT2D eigenvalue weighted by Gasteiger charge is 2.18. The average molecular weight is 330 g/mol. The van der Waals surface area contributed by atoms with Gasteiger partial charge in [0.1, 0.15) is 19.5 Å². The van der Waals surface area contributed by atoms with E-state index in [-0.39, 0.29) is 22.7 Å². The zero-order valence-corrected chi connectivity index (χ0v) is 13.1. The van der Waals surface area contributed by atoms with Crippen molar-refractivity contribution in [1.29, 1.82) is 0 Å². The Morgan fingerprint density at radius 1 is 1.48 bits per heavy atom. The Morgan fingerprint density at radius 3 is 2.71 bits per heavy atom. The smallest absolute Gasteiger partial charge is 0.346 e. The quantitative estimate of drug-likeness (QED) is 0.873. The molecule has 2 rings (SSSR count). The van der Waals surface area contributed by atoms with E-state index in [9.17, 15) is 18.0 Å². The molecule has 0 aliphatic rings. The number of carbonyl (C=O) groups is 1. The number of aromatic nitrogens is 2. The van der Waals surface area contributed by atoms with Gasteiger partial charge < -0.3 is 5.11 Å². The first-order chi connectivity index (χ1) is 9.70. The molecule has 0 radical (unpaired) electrons. The third-order valence-electron chi connectivity index (χ3n) is 3.03. The van der Waals surface area contributed by atoms with Crippen molar-refractivity contribution in [3.63, 3.8) is 0 Å². The molecule has 0 amide bonds. The summed E-state index contributed by atoms with van der Waals surface area (Å²) in [4.78, 5) is 28.0. The highest BCUT2D eigenvalue weighted by molar-refractivity contribution is 7.90. The first-order valence-electron chi connectivity index (χ1n) is 6.10. The molecule has 1 N–H and O–H groups in total. The van der Waals surface area contributed by atoms with Crippen LogP contribution in [-0.2, 0) is 16.4 Å². The summed E-state index contributed by atoms with van der Waals surface area (Å²) < 4.78 is 23.5. The Hall–Kier alpha value is -1.74. The number of nitrogens with zero attached hydrogens (tertiary/aromatic N) is 2. The molecule has 0 atom stereocenters. The van der Waals surface area contributed by atoms with Crippen molar-refractivity contribution in [2.45, 2.75) is 19.9 Å². The summed E-state index contributed by atoms with van der Waals surface area (Å²) in [5, 5.41) is 9.36. The van der Waals surface area contributed by atoms with Crippen LogP contribution in [0.25, 0.3) is 10.2 Å². The molecule has 0 spiro atoms. The fraction of sp³-hybridized carbons (Fsp3) is 0.417. The van der Waals surface area contributed by atoms with Crippen LogP contribution in [0, 0.1) is 6.92 Å². The molecule has 21 heavy (non-hydrogen) atoms. The molecule has 2 heterocycles. The molecule has 0 saturated heterocycles. The molecule has 0 unspecified atom stereocenters. The van der Waals surface area contributed by atoms with E-state index in [0.29, 0.717) is 22.2 Å². The van der Waals surface area contributed by atoms with E-state index >= 15 is 0 Å². The normalized spacial score (nSPS) is 11.9. The van der Waals surface area contributed by atoms with Crippen molar-refractivity contribution >= 4 is 37.4 Å². The second kappa shape index (κ2) is 5.57. The van der Waals surface area contributed by atoms with E-state index in [1.54, 1.807) is 6.92 Å². The first kappa shape index (κ1) is 15.6. The topological polar surface area (TPSA) is 106 Å². The van der Waals surface area contributed by atoms with Crippen LogP contribution in [0.4, 0.5) is 0 Å². The molecule has 0 aliphatic carbocycles. The molecule has 114 valence electrons. The van der Waals surface area contributed by atoms with Gasteiger partial charge in [0.25, 0.3) is 5.56 Å². The molecular formula is C12H14N2O5S2. The van der Waals surface area contributed by atoms with Crippen molar-refractivity contribution in [2.75, 3.05) is 12.0 Å². The highest BCUT2D eigenvalue weighted by Crippen LogP contribution is 2.26. The van der Waals surface area contributed by atoms with Gasteiger partial charge in [-0.25, -0.2) is 18.2 Å². The van der Waals surface area contributed by atoms with E-state index in [1.165, 1.54) is 10.9 Å². The number of sulfone groups is 1. The van der Waals surface area contributed by atoms with Crippen molar-refractivity contribution < 1.29 is 18.3 Å². The van der Waals surface area contributed by atoms with Gasteiger partial charge in [0.05, 0.1) is 17.5 Å². The number of rotatable bonds is 5. The fourth-order valence-electron chi connectivity index (χ4n) is 2.02. The standard InChI is InChI=1S/C12H14N2O5S2/c1-7-8-10(20-9(7)12(16)17)13-6-14(11(8)15)4-3-5-21(2,18)19/h6H,3-5H2,1-2H3,(H,16,17). The van der Waals surface area contributed by atoms with Crippen molar-refractivity contribution in [1.82, 2.24) is 9.55 Å². The van der Waals surface area contributed by atoms with Crippen LogP contribution in [-0.4, -0.2) is 41.1 Å². The van der Waals surface area contributed by atoms with Crippen molar-refractivity contribution in [3.05, 3.63) is 27.1 Å². The maximum absolute atomic E-state index is 12.3. The number of aromatic carboxylic acids is 1. The zero-order chi connectivity index (χ0) is 15.8. The summed E-state index contributed by atoms with van der Waals surface area (Å²) in [6.07, 6.45) is 2.77. The van der Waals surface area contributed by atoms with E-state index in [1.807, 2.05) is 0 Å². The molecule has 0 aromatic carbocycles. The van der Waals surface area contributed by atoms with Gasteiger partial charge in [-0.3, -0.25) is 9.36 Å². The average Bonchev–Trinajstić information content (AvgIpc) is 2.69. The number of hydrogen-bond acceptors (Lipinski definition) is 6. The largest absolute Gasteiger partial charge is 0.477 e. The minimum atomic E-state index is -3.08. The van der Waals surface area contributed by atoms with Crippen LogP contribution in [0.3, 0.4) is 0 Å². The highest BCUT2D eigenvalue weighted by atomic mass is 32.2. The fourth-order valence-corrected chi connectivity index (χ4v) is 3.65. The minimum absolute atomic E-state index is 0.0134. The Labute approximate surface area is 124 Å². The lowest BCUT2D eigenvalue weighted by atomic mass is 10.2. The third-order valence-corrected chi connectivity index (χ3v) is 5.24. The monoisotopic (exact) mass is 330 g/mol. The molecular weight excluding hydrogens is 316 g/mol. The summed E-state index contributed by atoms with van der Waals surface area (Å²) in [5.41, 5.74) is 0.0622. The van der Waals surface area contributed by atoms with Gasteiger partial charge in [-0.1, -0.05) is 0 Å². The van der Waals surface area contributed by atoms with Gasteiger partial charge in [-0.2, -0.15) is 0 Å². The molecule has 0 fully saturated rings. The Bertz CT molecular complexity index is 864. The molecule has 7 nitrogen and oxygen atoms in total. The van der Waals surface area contributed by atoms with Crippen molar-refractivity contribution in [3.8, 4) is 0 Å². The number of carboxylic acid groups (broad SMARTS) is 1. The van der Waals surface area contributed by atoms with Gasteiger partial charge in [-0.15, -0.1) is 11.3 Å². The number of hydrogen-bond donors (Lipinski definition) is 1. The van der Waals surface area contributed by atoms with Crippen LogP contribution in [0.15, 0.2) is 11.1 Å². The number of carboxylic acids is 1. The van der Waals surface area contributed by atoms with E-state index < -0.39 is 15.8 Å². The van der Waals surface area contributed by atoms with Crippen LogP contribution < -0.4 is 5.56 Å². The molecule has 0 saturated carbocycles. The summed E-state index contributed by atoms with van der Waals surface area (Å²) in [5.74, 6) is -1.10. The Morgan fingerprint density at radius 2 is 2.14 bits per heavy atom. The minimum Gasteiger partial charge on any atom is -0.477 e. The summed E-state index contributed by atoms with van der Waals surface area (Å²) in [6, 6.07) is 0. The van der Waals surface area contributed by atoms with E-state index in [2.05, 4.69) is 4.98 Å². The maximum Gasteiger partial charge on any atom is 0.346 e. The lowest BCUT2D eigenvalue weighted by molar-refractivity contribution is 0.0701. The molecule has 2 aromatic heterocycles. The van der Waals surface area contributed by atoms with E-state index in [4.69, 9.17) is 5.11 Å². The van der Waals surface area contributed by atoms with Crippen LogP contribution in [0.2, 0.25) is 0 Å². The second-order valence-corrected chi connectivity index (χ2v) is 8.03. The maximum atomic E-state index is 12.3. The second-order valence-electron chi connectivity index (χ2n) is 4.77. The van der Waals surface area contributed by atoms with Crippen LogP contribution in [0.1, 0.15) is 21.7 Å². The van der Waals surface area contributed by atoms with Crippen LogP contribution >= 0.6 is 11.3 Å². The van der Waals surface area contributed by atoms with Crippen LogP contribution in [0.5, 0.6) is 0 Å². The summed E-state index contributed by atoms with van der Waals surface area (Å²) >= 11 is 0.963. The predicted octanol–water partition coefficient (Wildman–Crippen LogP) is 0.899. The lowest BCUT2D eigenvalue weighted by Gasteiger charge is -2.04. The lowest BCUT2D eigenvalue weighted by Crippen LogP contribution is -2.21. The Balaban J connectivity index is 2.40. The summed E-state index contributed by atoms with van der Waals surface area (Å²) in [7, 11) is -3.08. The summed E-state index contributed by atoms with van der Waals surface area (Å²) in [6.45, 7) is 1.80. The number of fused-ring (bicyclic) bond motifs is 1. The molecule has 2 aromatic rings. The van der Waals surface area contributed by atoms with Crippen molar-refractivity contribution in [2.24, 2.45) is 0 Å². The predicted molar refractivity (Wildman–Crippen MR) is 79.9 cm³/mol. The van der Waals surface area contributed by atoms with E-state index in [0.717, 1.165) is 17.6 Å². The van der Waals surface area contributed by atoms with Gasteiger partial charge in [0.15, 0.2) is 0 Å². The number of aryl methyl sites for hydroxylation is 2. The van der Waals surface area contributed by atoms with Gasteiger partial charge in [0.2, 0.25) is 0 Å². The molecule has 0 bridgehead atoms. The molecule has 0 aliphatic heterocycles. The SMILES string of the molecule is Cc1c(C(=O)O)sc2ncn(CCCS(C)(=O)=O)c(=O)c12. The Kier molecular flexibility index (Phi) is 4.15. The third kappa shape index (κ3) is 3.30. The first-order valence-corrected chi connectivity index (χ1v) is 8.98.